The van der Waals surface area contributed by atoms with Crippen molar-refractivity contribution in [2.75, 3.05) is 0 Å². The third kappa shape index (κ3) is 9.96. The molecule has 4 fully saturated rings. The molecular formula is C52H62Cl2SiZr. The number of benzene rings is 4. The summed E-state index contributed by atoms with van der Waals surface area (Å²) in [5.74, 6) is 3.68. The predicted molar refractivity (Wildman–Crippen MR) is 246 cm³/mol. The van der Waals surface area contributed by atoms with Crippen LogP contribution in [0.25, 0.3) is 43.8 Å². The molecule has 292 valence electrons. The molecule has 2 radical (unpaired) electrons. The molecule has 6 aromatic carbocycles. The van der Waals surface area contributed by atoms with Crippen molar-refractivity contribution in [1.29, 1.82) is 0 Å². The second-order valence-corrected chi connectivity index (χ2v) is 23.0. The minimum atomic E-state index is -0.826. The van der Waals surface area contributed by atoms with Crippen LogP contribution in [-0.2, 0) is 31.7 Å². The van der Waals surface area contributed by atoms with Crippen LogP contribution in [0, 0.1) is 24.7 Å². The Hall–Kier alpha value is -2.22. The van der Waals surface area contributed by atoms with Gasteiger partial charge >= 0.3 is 37.9 Å². The van der Waals surface area contributed by atoms with Crippen molar-refractivity contribution in [2.45, 2.75) is 123 Å². The summed E-state index contributed by atoms with van der Waals surface area (Å²) in [4.78, 5) is 0. The molecular weight excluding hydrogens is 815 g/mol. The van der Waals surface area contributed by atoms with Gasteiger partial charge in [-0.15, -0.1) is 69.1 Å². The molecule has 4 bridgehead atoms. The Bertz CT molecular complexity index is 2110. The maximum absolute atomic E-state index is 4.93. The molecule has 0 aromatic heterocycles. The van der Waals surface area contributed by atoms with Crippen molar-refractivity contribution in [2.24, 2.45) is 17.8 Å². The summed E-state index contributed by atoms with van der Waals surface area (Å²) in [7, 11) is 11.0. The first-order valence-corrected chi connectivity index (χ1v) is 29.4. The zero-order valence-corrected chi connectivity index (χ0v) is 40.1. The molecule has 1 atom stereocenters. The Morgan fingerprint density at radius 3 is 1.68 bits per heavy atom. The third-order valence-corrected chi connectivity index (χ3v) is 12.9. The fourth-order valence-electron chi connectivity index (χ4n) is 10.6. The van der Waals surface area contributed by atoms with E-state index in [2.05, 4.69) is 164 Å². The van der Waals surface area contributed by atoms with Gasteiger partial charge in [0.05, 0.1) is 0 Å². The zero-order chi connectivity index (χ0) is 40.0. The van der Waals surface area contributed by atoms with Crippen LogP contribution in [-0.4, -0.2) is 9.52 Å². The molecule has 0 saturated heterocycles. The van der Waals surface area contributed by atoms with Gasteiger partial charge in [-0.25, -0.2) is 0 Å². The number of rotatable bonds is 6. The monoisotopic (exact) mass is 874 g/mol. The van der Waals surface area contributed by atoms with Crippen molar-refractivity contribution in [3.63, 3.8) is 0 Å². The van der Waals surface area contributed by atoms with E-state index < -0.39 is 20.8 Å². The molecule has 0 amide bonds. The van der Waals surface area contributed by atoms with Crippen LogP contribution in [0.15, 0.2) is 109 Å². The van der Waals surface area contributed by atoms with Gasteiger partial charge in [-0.1, -0.05) is 133 Å². The Labute approximate surface area is 360 Å². The molecule has 4 aliphatic carbocycles. The van der Waals surface area contributed by atoms with Crippen molar-refractivity contribution < 1.29 is 20.8 Å². The Kier molecular flexibility index (Phi) is 14.9. The Balaban J connectivity index is 0.000000167. The van der Waals surface area contributed by atoms with Gasteiger partial charge in [0.15, 0.2) is 0 Å². The van der Waals surface area contributed by atoms with Crippen LogP contribution in [0.5, 0.6) is 0 Å². The molecule has 4 heteroatoms. The topological polar surface area (TPSA) is 0 Å². The summed E-state index contributed by atoms with van der Waals surface area (Å²) in [5, 5.41) is 5.52. The Morgan fingerprint density at radius 2 is 1.20 bits per heavy atom. The van der Waals surface area contributed by atoms with Crippen LogP contribution in [0.4, 0.5) is 0 Å². The first kappa shape index (κ1) is 43.4. The van der Waals surface area contributed by atoms with Crippen LogP contribution in [0.3, 0.4) is 0 Å². The molecule has 0 nitrogen and oxygen atoms in total. The van der Waals surface area contributed by atoms with E-state index in [9.17, 15) is 0 Å². The second kappa shape index (κ2) is 19.2. The molecule has 56 heavy (non-hydrogen) atoms. The van der Waals surface area contributed by atoms with Crippen LogP contribution >= 0.6 is 17.0 Å². The predicted octanol–water partition coefficient (Wildman–Crippen LogP) is 16.6. The molecule has 0 spiro atoms. The zero-order valence-electron chi connectivity index (χ0n) is 35.1. The quantitative estimate of drug-likeness (QED) is 0.116. The number of hydrogen-bond acceptors (Lipinski definition) is 0. The summed E-state index contributed by atoms with van der Waals surface area (Å²) in [6.07, 6.45) is 11.4. The molecule has 10 rings (SSSR count). The molecule has 0 heterocycles. The number of hydrogen-bond donors (Lipinski definition) is 0. The number of aryl methyl sites for hydroxylation is 1. The maximum atomic E-state index is 4.93. The fraction of sp³-hybridized carbons (Fsp3) is 0.423. The van der Waals surface area contributed by atoms with E-state index >= 15 is 0 Å². The van der Waals surface area contributed by atoms with Crippen molar-refractivity contribution >= 4 is 48.1 Å². The van der Waals surface area contributed by atoms with E-state index in [4.69, 9.17) is 17.0 Å². The normalized spacial score (nSPS) is 21.3. The van der Waals surface area contributed by atoms with E-state index in [1.165, 1.54) is 112 Å². The van der Waals surface area contributed by atoms with E-state index in [0.29, 0.717) is 11.3 Å². The summed E-state index contributed by atoms with van der Waals surface area (Å²) in [6, 6.07) is 41.6. The van der Waals surface area contributed by atoms with Gasteiger partial charge in [-0.2, -0.15) is 12.1 Å². The van der Waals surface area contributed by atoms with E-state index in [1.54, 1.807) is 5.56 Å². The summed E-state index contributed by atoms with van der Waals surface area (Å²) in [6.45, 7) is 17.9. The average molecular weight is 877 g/mol. The fourth-order valence-corrected chi connectivity index (χ4v) is 10.6. The van der Waals surface area contributed by atoms with Crippen LogP contribution < -0.4 is 0 Å². The summed E-state index contributed by atoms with van der Waals surface area (Å²) in [5.41, 5.74) is 12.0. The van der Waals surface area contributed by atoms with Gasteiger partial charge in [-0.3, -0.25) is 0 Å². The van der Waals surface area contributed by atoms with Crippen LogP contribution in [0.2, 0.25) is 13.1 Å². The van der Waals surface area contributed by atoms with E-state index in [1.807, 2.05) is 0 Å². The standard InChI is InChI=1S/C26H27.C24H29.C2H6Si.2ClH.Zr/c1-17-9-22-3-2-4-24(25(22)10-17)21-5-7-23(8-6-21)26-14-18-11-19(15-26)13-20(12-18)16-26;1-6-8-17(2)20-15-19-9-7-10-22(23(19)16-20)18-11-13-21(14-12-18)24(3,4)5;1-3-2;;;/h2-10,18-20H,11-16H2,1H3;7,9-17H,6,8H2,1-5H3;1-2H3;2*1H;/q2*-1;;;;+4/p-2. The van der Waals surface area contributed by atoms with Gasteiger partial charge in [0.2, 0.25) is 0 Å². The number of halogens is 2. The molecule has 4 aliphatic rings. The van der Waals surface area contributed by atoms with Crippen molar-refractivity contribution in [3.05, 3.63) is 131 Å². The first-order chi connectivity index (χ1) is 26.9. The first-order valence-electron chi connectivity index (χ1n) is 21.0. The molecule has 1 unspecified atom stereocenters. The second-order valence-electron chi connectivity index (χ2n) is 18.3. The molecule has 6 aromatic rings. The van der Waals surface area contributed by atoms with Gasteiger partial charge in [-0.05, 0) is 102 Å². The van der Waals surface area contributed by atoms with Crippen molar-refractivity contribution in [1.82, 2.24) is 0 Å². The van der Waals surface area contributed by atoms with Gasteiger partial charge in [0.1, 0.15) is 0 Å². The average Bonchev–Trinajstić information content (AvgIpc) is 3.78. The van der Waals surface area contributed by atoms with E-state index in [0.717, 1.165) is 27.3 Å². The van der Waals surface area contributed by atoms with Gasteiger partial charge < -0.3 is 0 Å². The Morgan fingerprint density at radius 1 is 0.732 bits per heavy atom. The van der Waals surface area contributed by atoms with Crippen LogP contribution in [0.1, 0.15) is 114 Å². The minimum absolute atomic E-state index is 0.202. The molecule has 0 N–H and O–H groups in total. The van der Waals surface area contributed by atoms with Crippen molar-refractivity contribution in [3.8, 4) is 22.3 Å². The van der Waals surface area contributed by atoms with Gasteiger partial charge in [0, 0.05) is 9.52 Å². The van der Waals surface area contributed by atoms with Gasteiger partial charge in [0.25, 0.3) is 0 Å². The number of fused-ring (bicyclic) bond motifs is 2. The van der Waals surface area contributed by atoms with E-state index in [-0.39, 0.29) is 5.41 Å². The molecule has 4 saturated carbocycles. The SMILES string of the molecule is CCCC(C)c1cc2c(-c3ccc(C(C)(C)C)cc3)cccc2[cH-]1.C[Si]C.Cc1cc2c(-c3ccc(C45CC6CC(CC(C6)C4)C5)cc3)cccc2[cH-]1.[Cl][Zr+2][Cl]. The third-order valence-electron chi connectivity index (χ3n) is 12.9. The summed E-state index contributed by atoms with van der Waals surface area (Å²) >= 11 is -0.826. The summed E-state index contributed by atoms with van der Waals surface area (Å²) < 4.78 is 0. The molecule has 0 aliphatic heterocycles.